The van der Waals surface area contributed by atoms with E-state index in [1.807, 2.05) is 158 Å². The molecule has 5 fully saturated rings. The smallest absolute Gasteiger partial charge is 0.104 e. The van der Waals surface area contributed by atoms with Crippen molar-refractivity contribution in [2.24, 2.45) is 29.6 Å². The van der Waals surface area contributed by atoms with Crippen molar-refractivity contribution in [2.75, 3.05) is 24.5 Å². The molecule has 0 amide bonds. The van der Waals surface area contributed by atoms with Gasteiger partial charge in [-0.05, 0) is 312 Å². The van der Waals surface area contributed by atoms with Crippen LogP contribution < -0.4 is 24.5 Å². The summed E-state index contributed by atoms with van der Waals surface area (Å²) in [6.45, 7) is 15.8. The number of para-hydroxylation sites is 5. The van der Waals surface area contributed by atoms with Gasteiger partial charge in [0, 0.05) is 83.5 Å². The Kier molecular flexibility index (Phi) is 19.1. The minimum Gasteiger partial charge on any atom is -0.343 e. The molecule has 15 aliphatic rings. The Bertz CT molecular complexity index is 5780. The van der Waals surface area contributed by atoms with Crippen LogP contribution in [0.3, 0.4) is 0 Å². The van der Waals surface area contributed by atoms with E-state index in [-0.39, 0.29) is 16.6 Å². The normalized spacial score (nSPS) is 31.5. The highest BCUT2D eigenvalue weighted by molar-refractivity contribution is 5.68. The molecule has 0 saturated heterocycles. The van der Waals surface area contributed by atoms with E-state index in [1.54, 1.807) is 17.9 Å². The van der Waals surface area contributed by atoms with E-state index in [0.29, 0.717) is 29.6 Å². The Labute approximate surface area is 759 Å². The Morgan fingerprint density at radius 2 is 0.566 bits per heavy atom. The first-order valence-electron chi connectivity index (χ1n) is 54.6. The molecule has 9 unspecified atom stereocenters. The number of hydrogen-bond donors (Lipinski definition) is 0. The van der Waals surface area contributed by atoms with Crippen molar-refractivity contribution in [2.45, 2.75) is 331 Å². The number of nitrogens with zero attached hydrogens (tertiary/aromatic N) is 10. The van der Waals surface area contributed by atoms with Crippen LogP contribution in [0.25, 0.3) is 0 Å². The van der Waals surface area contributed by atoms with Crippen LogP contribution in [0.2, 0.25) is 0 Å². The highest BCUT2D eigenvalue weighted by Gasteiger charge is 2.59. The maximum absolute atomic E-state index is 8.72. The summed E-state index contributed by atoms with van der Waals surface area (Å²) in [7, 11) is 0. The molecule has 6 aromatic carbocycles. The minimum absolute atomic E-state index is 0.149. The predicted molar refractivity (Wildman–Crippen MR) is 515 cm³/mol. The van der Waals surface area contributed by atoms with Gasteiger partial charge < -0.3 is 49.0 Å². The third kappa shape index (κ3) is 14.4. The van der Waals surface area contributed by atoms with E-state index in [4.69, 9.17) is 21.9 Å². The zero-order valence-corrected chi connectivity index (χ0v) is 75.2. The Morgan fingerprint density at radius 3 is 0.926 bits per heavy atom. The second kappa shape index (κ2) is 34.7. The van der Waals surface area contributed by atoms with Gasteiger partial charge in [0.1, 0.15) is 30.8 Å². The lowest BCUT2D eigenvalue weighted by Crippen LogP contribution is -2.59. The number of allylic oxidation sites excluding steroid dienone is 10. The fourth-order valence-electron chi connectivity index (χ4n) is 25.1. The standard InChI is InChI=1S/C27H38N2.C26H36N2.C22H24N2.C21H28N2.C16H20N2/c1-20-12-10-11-17-25(20)28-21(2)26-18-19-27(29(26)22(28)3,23-13-6-4-7-14-23)24-15-8-5-9-16-24;1-19-11-7-10-16-24(19)27-20(2)25-17-18-26(28(25)21(27)3,23-14-8-9-15-23)22-12-5-4-6-13-22;1-16-10-8-9-13-20(16)23-17(2)21-14-15-22(4,24(21)18(23)3)19-11-6-5-7-12-19;1-15-9-5-8-12-19(15)22-16(2)20-13-14-21(4,23(20)17(22)3)18-10-6-7-11-18;1-11-7-5-6-8-15(11)18-13(3)16-10-9-12(2)17(16)14(18)4/h10-12,17-19,22-24H,4-9,13-16H2,1-3H3;7,10-11,16-18,21-23H,4-6,8-9,12-15H2,1-3H3;5-15,18H,1-4H3;5,8-9,12-14,17-18H,6-7,10-11H2,1-4H3;5-10,12,14H,1-4H3/i4*3D3;4D3,12D. The van der Waals surface area contributed by atoms with E-state index in [9.17, 15) is 0 Å². The van der Waals surface area contributed by atoms with Gasteiger partial charge in [0.25, 0.3) is 0 Å². The van der Waals surface area contributed by atoms with Crippen molar-refractivity contribution >= 4 is 28.4 Å². The quantitative estimate of drug-likeness (QED) is 0.125. The first-order chi connectivity index (χ1) is 65.3. The summed E-state index contributed by atoms with van der Waals surface area (Å²) in [5.74, 6) is 2.71. The summed E-state index contributed by atoms with van der Waals surface area (Å²) in [5, 5.41) is 0. The molecule has 10 heterocycles. The van der Waals surface area contributed by atoms with E-state index in [2.05, 4.69) is 176 Å². The number of fused-ring (bicyclic) bond motifs is 5. The average Bonchev–Trinajstić information content (AvgIpc) is 1.53. The van der Waals surface area contributed by atoms with Crippen LogP contribution in [0.1, 0.15) is 293 Å². The molecule has 0 N–H and O–H groups in total. The zero-order valence-electron chi connectivity index (χ0n) is 91.2. The van der Waals surface area contributed by atoms with Crippen LogP contribution in [0.5, 0.6) is 0 Å². The Balaban J connectivity index is 0.000000120. The van der Waals surface area contributed by atoms with Crippen molar-refractivity contribution < 1.29 is 21.9 Å². The molecule has 21 rings (SSSR count). The number of rotatable bonds is 11. The number of anilines is 5. The van der Waals surface area contributed by atoms with Gasteiger partial charge in [0.2, 0.25) is 0 Å². The molecular weight excluding hydrogens is 1490 g/mol. The predicted octanol–water partition coefficient (Wildman–Crippen LogP) is 28.0. The van der Waals surface area contributed by atoms with Gasteiger partial charge in [-0.3, -0.25) is 0 Å². The van der Waals surface area contributed by atoms with Gasteiger partial charge in [0.15, 0.2) is 0 Å². The van der Waals surface area contributed by atoms with Gasteiger partial charge in [0.05, 0.1) is 52.0 Å². The van der Waals surface area contributed by atoms with Crippen molar-refractivity contribution in [3.05, 3.63) is 303 Å². The van der Waals surface area contributed by atoms with Gasteiger partial charge in [-0.1, -0.05) is 235 Å². The molecule has 0 aromatic heterocycles. The van der Waals surface area contributed by atoms with Gasteiger partial charge >= 0.3 is 0 Å². The second-order valence-corrected chi connectivity index (χ2v) is 38.1. The van der Waals surface area contributed by atoms with E-state index < -0.39 is 76.6 Å². The average molecular weight is 1650 g/mol. The van der Waals surface area contributed by atoms with Crippen LogP contribution in [0.15, 0.2) is 269 Å². The largest absolute Gasteiger partial charge is 0.343 e. The lowest BCUT2D eigenvalue weighted by molar-refractivity contribution is 0.0111. The number of aryl methyl sites for hydroxylation is 5. The maximum Gasteiger partial charge on any atom is 0.104 e. The maximum atomic E-state index is 8.72. The molecule has 5 saturated carbocycles. The number of hydrogen-bond acceptors (Lipinski definition) is 10. The highest BCUT2D eigenvalue weighted by atomic mass is 15.5. The molecular formula is C112H146N10. The van der Waals surface area contributed by atoms with Crippen molar-refractivity contribution in [1.29, 1.82) is 0 Å². The minimum atomic E-state index is -2.22. The Hall–Kier alpha value is -9.28. The van der Waals surface area contributed by atoms with E-state index in [0.717, 1.165) is 119 Å². The third-order valence-electron chi connectivity index (χ3n) is 31.5. The lowest BCUT2D eigenvalue weighted by Gasteiger charge is -2.53. The number of benzene rings is 6. The molecule has 644 valence electrons. The zero-order chi connectivity index (χ0) is 98.7. The molecule has 10 heteroatoms. The third-order valence-corrected chi connectivity index (χ3v) is 31.5. The summed E-state index contributed by atoms with van der Waals surface area (Å²) in [6.07, 6.45) is 47.0. The van der Waals surface area contributed by atoms with Gasteiger partial charge in [-0.25, -0.2) is 0 Å². The molecule has 0 radical (unpaired) electrons. The van der Waals surface area contributed by atoms with Gasteiger partial charge in [-0.2, -0.15) is 0 Å². The topological polar surface area (TPSA) is 32.4 Å². The fraction of sp³-hybridized carbons (Fsp3) is 0.500. The van der Waals surface area contributed by atoms with Gasteiger partial charge in [-0.15, -0.1) is 0 Å². The second-order valence-electron chi connectivity index (χ2n) is 38.1. The van der Waals surface area contributed by atoms with E-state index in [1.165, 1.54) is 148 Å². The van der Waals surface area contributed by atoms with E-state index >= 15 is 0 Å². The monoisotopic (exact) mass is 1650 g/mol. The van der Waals surface area contributed by atoms with Crippen molar-refractivity contribution in [3.63, 3.8) is 0 Å². The molecule has 10 aliphatic heterocycles. The van der Waals surface area contributed by atoms with Crippen LogP contribution >= 0.6 is 0 Å². The Morgan fingerprint density at radius 1 is 0.287 bits per heavy atom. The van der Waals surface area contributed by atoms with Crippen LogP contribution in [-0.4, -0.2) is 78.0 Å². The summed E-state index contributed by atoms with van der Waals surface area (Å²) in [4.78, 5) is 20.9. The lowest BCUT2D eigenvalue weighted by atomic mass is 9.64. The van der Waals surface area contributed by atoms with Crippen molar-refractivity contribution in [1.82, 2.24) is 24.5 Å². The summed E-state index contributed by atoms with van der Waals surface area (Å²) >= 11 is 0. The molecule has 0 bridgehead atoms. The summed E-state index contributed by atoms with van der Waals surface area (Å²) < 4.78 is 135. The molecule has 9 atom stereocenters. The SMILES string of the molecule is [2H]C([2H])([2H])C1N(c2ccccc2C)C(C)=C2C=CC(C)(C3CCCC3)N21.[2H]C([2H])([2H])C1N(c2ccccc2C)C(C)=C2C=CC(C)(c3ccccc3)N21.[2H]C([2H])([2H])C1N(c2ccccc2C)C(C)=C2C=CC(C3CCCCC3)(C3CCCC3)N21.[2H]C([2H])([2H])C1N(c2ccccc2C)C(C)=C2C=CC(C3CCCCC3)(C3CCCCC3)N21.[2H]C([2H])([2H])C1N(c2ccccc2C)C(C)=C2C=CC([2H])(C)N21. The summed E-state index contributed by atoms with van der Waals surface area (Å²) in [5.41, 5.74) is 20.6. The molecule has 0 spiro atoms. The molecule has 10 nitrogen and oxygen atoms in total. The summed E-state index contributed by atoms with van der Waals surface area (Å²) in [6, 6.07) is 49.4. The molecule has 122 heavy (non-hydrogen) atoms. The first-order valence-corrected chi connectivity index (χ1v) is 46.6. The van der Waals surface area contributed by atoms with Crippen LogP contribution in [0, 0.1) is 64.2 Å². The highest BCUT2D eigenvalue weighted by Crippen LogP contribution is 2.60. The van der Waals surface area contributed by atoms with Crippen LogP contribution in [0.4, 0.5) is 28.4 Å². The van der Waals surface area contributed by atoms with Crippen molar-refractivity contribution in [3.8, 4) is 0 Å². The molecule has 6 aromatic rings. The first kappa shape index (κ1) is 67.2. The fourth-order valence-corrected chi connectivity index (χ4v) is 25.1. The molecule has 5 aliphatic carbocycles. The van der Waals surface area contributed by atoms with Crippen LogP contribution in [-0.2, 0) is 5.54 Å².